The van der Waals surface area contributed by atoms with Gasteiger partial charge in [-0.3, -0.25) is 5.43 Å². The van der Waals surface area contributed by atoms with E-state index in [2.05, 4.69) is 4.74 Å². The van der Waals surface area contributed by atoms with Crippen molar-refractivity contribution in [3.05, 3.63) is 23.8 Å². The van der Waals surface area contributed by atoms with Crippen LogP contribution in [0.1, 0.15) is 0 Å². The first-order valence-corrected chi connectivity index (χ1v) is 3.89. The molecule has 0 spiro atoms. The molecule has 0 aliphatic carbocycles. The molecular formula is C8H9F2N3O2. The maximum atomic E-state index is 13.2. The minimum atomic E-state index is -0.849. The normalized spacial score (nSPS) is 9.60. The van der Waals surface area contributed by atoms with E-state index in [0.29, 0.717) is 0 Å². The standard InChI is InChI=1S/C8H9F2N3O2/c1-15-7-3-4(9)6(2-5(7)10)12-8(14)13-11/h2-3H,11H2,1H3,(H2,12,13,14). The molecule has 0 saturated carbocycles. The first kappa shape index (κ1) is 11.2. The van der Waals surface area contributed by atoms with Crippen molar-refractivity contribution in [2.75, 3.05) is 12.4 Å². The molecule has 0 bridgehead atoms. The maximum Gasteiger partial charge on any atom is 0.333 e. The number of rotatable bonds is 2. The summed E-state index contributed by atoms with van der Waals surface area (Å²) in [6, 6.07) is 0.767. The van der Waals surface area contributed by atoms with E-state index in [1.165, 1.54) is 7.11 Å². The Kier molecular flexibility index (Phi) is 3.40. The molecule has 0 unspecified atom stereocenters. The summed E-state index contributed by atoms with van der Waals surface area (Å²) in [5, 5.41) is 2.01. The van der Waals surface area contributed by atoms with Crippen LogP contribution in [0.4, 0.5) is 19.3 Å². The third-order valence-corrected chi connectivity index (χ3v) is 1.62. The summed E-state index contributed by atoms with van der Waals surface area (Å²) in [5.41, 5.74) is 1.40. The Bertz CT molecular complexity index is 384. The third-order valence-electron chi connectivity index (χ3n) is 1.62. The summed E-state index contributed by atoms with van der Waals surface area (Å²) < 4.78 is 30.8. The van der Waals surface area contributed by atoms with Crippen LogP contribution in [0.3, 0.4) is 0 Å². The van der Waals surface area contributed by atoms with E-state index in [1.807, 2.05) is 5.32 Å². The molecule has 4 N–H and O–H groups in total. The predicted octanol–water partition coefficient (Wildman–Crippen LogP) is 0.969. The summed E-state index contributed by atoms with van der Waals surface area (Å²) >= 11 is 0. The minimum absolute atomic E-state index is 0.244. The fourth-order valence-corrected chi connectivity index (χ4v) is 0.939. The highest BCUT2D eigenvalue weighted by molar-refractivity contribution is 5.88. The Hall–Kier alpha value is -1.89. The number of carbonyl (C=O) groups is 1. The number of ether oxygens (including phenoxy) is 1. The van der Waals surface area contributed by atoms with Crippen molar-refractivity contribution in [3.8, 4) is 5.75 Å². The Morgan fingerprint density at radius 2 is 2.07 bits per heavy atom. The van der Waals surface area contributed by atoms with Crippen LogP contribution in [0.25, 0.3) is 0 Å². The van der Waals surface area contributed by atoms with Gasteiger partial charge < -0.3 is 10.1 Å². The van der Waals surface area contributed by atoms with Crippen LogP contribution in [0.15, 0.2) is 12.1 Å². The molecular weight excluding hydrogens is 208 g/mol. The molecule has 0 radical (unpaired) electrons. The molecule has 0 heterocycles. The number of nitrogens with one attached hydrogen (secondary N) is 2. The Labute approximate surface area is 84.2 Å². The van der Waals surface area contributed by atoms with Crippen molar-refractivity contribution < 1.29 is 18.3 Å². The number of methoxy groups -OCH3 is 1. The highest BCUT2D eigenvalue weighted by atomic mass is 19.1. The van der Waals surface area contributed by atoms with Crippen LogP contribution in [0, 0.1) is 11.6 Å². The topological polar surface area (TPSA) is 76.4 Å². The predicted molar refractivity (Wildman–Crippen MR) is 49.3 cm³/mol. The van der Waals surface area contributed by atoms with E-state index >= 15 is 0 Å². The quantitative estimate of drug-likeness (QED) is 0.392. The summed E-state index contributed by atoms with van der Waals surface area (Å²) in [7, 11) is 1.21. The molecule has 1 rings (SSSR count). The summed E-state index contributed by atoms with van der Waals surface area (Å²) in [6.07, 6.45) is 0. The lowest BCUT2D eigenvalue weighted by Crippen LogP contribution is -2.34. The number of urea groups is 1. The summed E-state index contributed by atoms with van der Waals surface area (Å²) in [6.45, 7) is 0. The molecule has 82 valence electrons. The fraction of sp³-hybridized carbons (Fsp3) is 0.125. The molecule has 0 saturated heterocycles. The van der Waals surface area contributed by atoms with Gasteiger partial charge in [0.2, 0.25) is 0 Å². The van der Waals surface area contributed by atoms with E-state index in [4.69, 9.17) is 5.84 Å². The zero-order valence-corrected chi connectivity index (χ0v) is 7.80. The van der Waals surface area contributed by atoms with E-state index in [1.54, 1.807) is 5.43 Å². The van der Waals surface area contributed by atoms with Gasteiger partial charge >= 0.3 is 6.03 Å². The largest absolute Gasteiger partial charge is 0.494 e. The highest BCUT2D eigenvalue weighted by Gasteiger charge is 2.11. The number of nitrogens with two attached hydrogens (primary N) is 1. The van der Waals surface area contributed by atoms with Crippen molar-refractivity contribution in [3.63, 3.8) is 0 Å². The lowest BCUT2D eigenvalue weighted by atomic mass is 10.2. The summed E-state index contributed by atoms with van der Waals surface area (Å²) in [4.78, 5) is 10.7. The Balaban J connectivity index is 3.00. The van der Waals surface area contributed by atoms with Crippen molar-refractivity contribution in [1.29, 1.82) is 0 Å². The first-order chi connectivity index (χ1) is 7.08. The van der Waals surface area contributed by atoms with Gasteiger partial charge in [0.25, 0.3) is 0 Å². The molecule has 1 aromatic carbocycles. The van der Waals surface area contributed by atoms with Gasteiger partial charge in [0, 0.05) is 12.1 Å². The number of benzene rings is 1. The molecule has 0 atom stereocenters. The van der Waals surface area contributed by atoms with E-state index in [0.717, 1.165) is 12.1 Å². The number of amides is 2. The molecule has 15 heavy (non-hydrogen) atoms. The molecule has 7 heteroatoms. The van der Waals surface area contributed by atoms with Crippen LogP contribution in [-0.4, -0.2) is 13.1 Å². The smallest absolute Gasteiger partial charge is 0.333 e. The van der Waals surface area contributed by atoms with Gasteiger partial charge in [-0.25, -0.2) is 19.4 Å². The average Bonchev–Trinajstić information content (AvgIpc) is 2.22. The molecule has 2 amide bonds. The number of hydrazine groups is 1. The molecule has 0 fully saturated rings. The van der Waals surface area contributed by atoms with Crippen molar-refractivity contribution in [2.24, 2.45) is 5.84 Å². The van der Waals surface area contributed by atoms with Gasteiger partial charge in [0.05, 0.1) is 12.8 Å². The second-order valence-corrected chi connectivity index (χ2v) is 2.57. The lowest BCUT2D eigenvalue weighted by Gasteiger charge is -2.08. The Morgan fingerprint density at radius 1 is 1.40 bits per heavy atom. The van der Waals surface area contributed by atoms with Gasteiger partial charge in [0.1, 0.15) is 0 Å². The van der Waals surface area contributed by atoms with Crippen LogP contribution in [0.5, 0.6) is 5.75 Å². The van der Waals surface area contributed by atoms with Gasteiger partial charge in [-0.05, 0) is 0 Å². The minimum Gasteiger partial charge on any atom is -0.494 e. The number of halogens is 2. The van der Waals surface area contributed by atoms with Crippen molar-refractivity contribution >= 4 is 11.7 Å². The summed E-state index contributed by atoms with van der Waals surface area (Å²) in [5.74, 6) is 2.91. The van der Waals surface area contributed by atoms with Crippen molar-refractivity contribution in [2.45, 2.75) is 0 Å². The van der Waals surface area contributed by atoms with Crippen LogP contribution < -0.4 is 21.3 Å². The number of anilines is 1. The lowest BCUT2D eigenvalue weighted by molar-refractivity contribution is 0.252. The third kappa shape index (κ3) is 2.53. The number of hydrogen-bond acceptors (Lipinski definition) is 3. The zero-order chi connectivity index (χ0) is 11.4. The Morgan fingerprint density at radius 3 is 2.60 bits per heavy atom. The fourth-order valence-electron chi connectivity index (χ4n) is 0.939. The van der Waals surface area contributed by atoms with Gasteiger partial charge in [0.15, 0.2) is 17.4 Å². The van der Waals surface area contributed by atoms with E-state index < -0.39 is 17.7 Å². The van der Waals surface area contributed by atoms with Crippen LogP contribution >= 0.6 is 0 Å². The first-order valence-electron chi connectivity index (χ1n) is 3.89. The highest BCUT2D eigenvalue weighted by Crippen LogP contribution is 2.24. The molecule has 0 aromatic heterocycles. The van der Waals surface area contributed by atoms with Crippen molar-refractivity contribution in [1.82, 2.24) is 5.43 Å². The van der Waals surface area contributed by atoms with Gasteiger partial charge in [-0.15, -0.1) is 0 Å². The van der Waals surface area contributed by atoms with E-state index in [9.17, 15) is 13.6 Å². The second kappa shape index (κ2) is 4.56. The van der Waals surface area contributed by atoms with E-state index in [-0.39, 0.29) is 11.4 Å². The van der Waals surface area contributed by atoms with Crippen LogP contribution in [-0.2, 0) is 0 Å². The zero-order valence-electron chi connectivity index (χ0n) is 7.80. The SMILES string of the molecule is COc1cc(F)c(NC(=O)NN)cc1F. The second-order valence-electron chi connectivity index (χ2n) is 2.57. The van der Waals surface area contributed by atoms with Gasteiger partial charge in [-0.1, -0.05) is 0 Å². The number of hydrogen-bond donors (Lipinski definition) is 3. The molecule has 0 aliphatic rings. The van der Waals surface area contributed by atoms with Gasteiger partial charge in [-0.2, -0.15) is 0 Å². The molecule has 5 nitrogen and oxygen atoms in total. The van der Waals surface area contributed by atoms with Crippen LogP contribution in [0.2, 0.25) is 0 Å². The molecule has 0 aliphatic heterocycles. The monoisotopic (exact) mass is 217 g/mol. The molecule has 1 aromatic rings. The number of carbonyl (C=O) groups excluding carboxylic acids is 1. The maximum absolute atomic E-state index is 13.2. The average molecular weight is 217 g/mol.